The van der Waals surface area contributed by atoms with Gasteiger partial charge in [-0.1, -0.05) is 41.1 Å². The Morgan fingerprint density at radius 2 is 1.93 bits per heavy atom. The molecule has 7 nitrogen and oxygen atoms in total. The lowest BCUT2D eigenvalue weighted by molar-refractivity contribution is -0.187. The van der Waals surface area contributed by atoms with Crippen molar-refractivity contribution in [1.29, 1.82) is 0 Å². The van der Waals surface area contributed by atoms with E-state index in [2.05, 4.69) is 15.0 Å². The lowest BCUT2D eigenvalue weighted by Gasteiger charge is -2.41. The number of aryl methyl sites for hydroxylation is 1. The second-order valence-electron chi connectivity index (χ2n) is 7.21. The molecule has 0 radical (unpaired) electrons. The predicted octanol–water partition coefficient (Wildman–Crippen LogP) is 3.39. The molecule has 2 aliphatic rings. The molecular weight excluding hydrogens is 400 g/mol. The fraction of sp³-hybridized carbons (Fsp3) is 0.474. The van der Waals surface area contributed by atoms with Crippen molar-refractivity contribution in [2.24, 2.45) is 0 Å². The minimum atomic E-state index is -0.452. The van der Waals surface area contributed by atoms with Gasteiger partial charge in [0.2, 0.25) is 10.8 Å². The molecule has 4 heterocycles. The zero-order valence-corrected chi connectivity index (χ0v) is 17.0. The lowest BCUT2D eigenvalue weighted by atomic mass is 9.97. The van der Waals surface area contributed by atoms with Crippen molar-refractivity contribution in [3.63, 3.8) is 0 Å². The summed E-state index contributed by atoms with van der Waals surface area (Å²) in [6.07, 6.45) is 1.57. The van der Waals surface area contributed by atoms with E-state index in [0.717, 1.165) is 36.4 Å². The van der Waals surface area contributed by atoms with Crippen molar-refractivity contribution >= 4 is 27.9 Å². The highest BCUT2D eigenvalue weighted by Crippen LogP contribution is 2.44. The van der Waals surface area contributed by atoms with Gasteiger partial charge in [-0.05, 0) is 18.6 Å². The van der Waals surface area contributed by atoms with Crippen LogP contribution in [0, 0.1) is 6.92 Å². The van der Waals surface area contributed by atoms with Crippen LogP contribution in [0.25, 0.3) is 4.96 Å². The van der Waals surface area contributed by atoms with Crippen molar-refractivity contribution in [1.82, 2.24) is 19.5 Å². The second kappa shape index (κ2) is 6.96. The number of hydrogen-bond acceptors (Lipinski definition) is 7. The van der Waals surface area contributed by atoms with Gasteiger partial charge in [0.05, 0.1) is 24.1 Å². The summed E-state index contributed by atoms with van der Waals surface area (Å²) in [5.74, 6) is 0.309. The third-order valence-electron chi connectivity index (χ3n) is 5.49. The summed E-state index contributed by atoms with van der Waals surface area (Å²) in [4.78, 5) is 8.22. The van der Waals surface area contributed by atoms with Crippen LogP contribution in [0.15, 0.2) is 24.3 Å². The normalized spacial score (nSPS) is 20.9. The van der Waals surface area contributed by atoms with Crippen molar-refractivity contribution in [2.75, 3.05) is 26.3 Å². The quantitative estimate of drug-likeness (QED) is 0.700. The molecule has 148 valence electrons. The largest absolute Gasteiger partial charge is 0.492 e. The fourth-order valence-electron chi connectivity index (χ4n) is 4.14. The molecule has 3 aromatic rings. The Morgan fingerprint density at radius 3 is 2.61 bits per heavy atom. The Bertz CT molecular complexity index is 1000. The van der Waals surface area contributed by atoms with Crippen LogP contribution in [0.1, 0.15) is 35.1 Å². The molecule has 2 fully saturated rings. The number of hydrogen-bond donors (Lipinski definition) is 1. The van der Waals surface area contributed by atoms with Gasteiger partial charge in [-0.2, -0.15) is 4.52 Å². The van der Waals surface area contributed by atoms with Gasteiger partial charge in [-0.25, -0.2) is 4.98 Å². The topological polar surface area (TPSA) is 72.1 Å². The van der Waals surface area contributed by atoms with Crippen LogP contribution < -0.4 is 0 Å². The maximum atomic E-state index is 10.9. The van der Waals surface area contributed by atoms with Gasteiger partial charge < -0.3 is 14.6 Å². The molecule has 1 aromatic carbocycles. The highest BCUT2D eigenvalue weighted by atomic mass is 35.5. The van der Waals surface area contributed by atoms with E-state index in [9.17, 15) is 5.11 Å². The molecule has 0 unspecified atom stereocenters. The van der Waals surface area contributed by atoms with Gasteiger partial charge in [-0.3, -0.25) is 4.90 Å². The molecule has 0 bridgehead atoms. The average molecular weight is 421 g/mol. The third-order valence-corrected chi connectivity index (χ3v) is 6.91. The maximum absolute atomic E-state index is 10.9. The molecule has 9 heteroatoms. The number of likely N-dealkylation sites (tertiary alicyclic amines) is 1. The number of halogens is 1. The second-order valence-corrected chi connectivity index (χ2v) is 8.63. The number of rotatable bonds is 3. The highest BCUT2D eigenvalue weighted by molar-refractivity contribution is 7.17. The van der Waals surface area contributed by atoms with Crippen LogP contribution in [0.3, 0.4) is 0 Å². The van der Waals surface area contributed by atoms with Crippen LogP contribution in [-0.4, -0.2) is 56.7 Å². The summed E-state index contributed by atoms with van der Waals surface area (Å²) >= 11 is 8.02. The monoisotopic (exact) mass is 420 g/mol. The van der Waals surface area contributed by atoms with Gasteiger partial charge >= 0.3 is 0 Å². The number of benzene rings is 1. The first-order chi connectivity index (χ1) is 13.6. The van der Waals surface area contributed by atoms with E-state index >= 15 is 0 Å². The van der Waals surface area contributed by atoms with E-state index in [4.69, 9.17) is 21.1 Å². The lowest BCUT2D eigenvalue weighted by Crippen LogP contribution is -2.46. The molecule has 0 saturated carbocycles. The van der Waals surface area contributed by atoms with Crippen molar-refractivity contribution in [3.05, 3.63) is 45.6 Å². The Kier molecular flexibility index (Phi) is 4.56. The first-order valence-corrected chi connectivity index (χ1v) is 10.6. The molecule has 2 aromatic heterocycles. The SMILES string of the molecule is Cc1nc2sc([C@H](c3ccccc3Cl)N3CCC4(CC3)OCCO4)c(O)n2n1. The zero-order valence-electron chi connectivity index (χ0n) is 15.5. The predicted molar refractivity (Wildman–Crippen MR) is 106 cm³/mol. The van der Waals surface area contributed by atoms with E-state index in [0.29, 0.717) is 29.0 Å². The smallest absolute Gasteiger partial charge is 0.230 e. The van der Waals surface area contributed by atoms with E-state index in [1.165, 1.54) is 15.9 Å². The maximum Gasteiger partial charge on any atom is 0.230 e. The number of ether oxygens (including phenoxy) is 2. The van der Waals surface area contributed by atoms with Gasteiger partial charge in [0, 0.05) is 31.0 Å². The summed E-state index contributed by atoms with van der Waals surface area (Å²) in [5, 5.41) is 15.9. The average Bonchev–Trinajstić information content (AvgIpc) is 3.36. The minimum absolute atomic E-state index is 0.124. The summed E-state index contributed by atoms with van der Waals surface area (Å²) in [6.45, 7) is 4.68. The van der Waals surface area contributed by atoms with Gasteiger partial charge in [-0.15, -0.1) is 5.10 Å². The van der Waals surface area contributed by atoms with E-state index in [1.807, 2.05) is 31.2 Å². The fourth-order valence-corrected chi connectivity index (χ4v) is 5.53. The minimum Gasteiger partial charge on any atom is -0.492 e. The molecule has 1 atom stereocenters. The highest BCUT2D eigenvalue weighted by Gasteiger charge is 2.42. The van der Waals surface area contributed by atoms with Crippen molar-refractivity contribution in [3.8, 4) is 5.88 Å². The van der Waals surface area contributed by atoms with Crippen LogP contribution in [-0.2, 0) is 9.47 Å². The van der Waals surface area contributed by atoms with E-state index in [-0.39, 0.29) is 11.9 Å². The van der Waals surface area contributed by atoms with Gasteiger partial charge in [0.15, 0.2) is 5.79 Å². The first kappa shape index (κ1) is 18.3. The Morgan fingerprint density at radius 1 is 1.21 bits per heavy atom. The molecular formula is C19H21ClN4O3S. The summed E-state index contributed by atoms with van der Waals surface area (Å²) in [7, 11) is 0. The molecule has 1 spiro atoms. The van der Waals surface area contributed by atoms with Gasteiger partial charge in [0.25, 0.3) is 0 Å². The molecule has 5 rings (SSSR count). The van der Waals surface area contributed by atoms with E-state index in [1.54, 1.807) is 0 Å². The number of piperidine rings is 1. The first-order valence-electron chi connectivity index (χ1n) is 9.38. The molecule has 0 aliphatic carbocycles. The van der Waals surface area contributed by atoms with E-state index < -0.39 is 5.79 Å². The number of nitrogens with zero attached hydrogens (tertiary/aromatic N) is 4. The van der Waals surface area contributed by atoms with Crippen LogP contribution in [0.4, 0.5) is 0 Å². The number of aromatic hydroxyl groups is 1. The van der Waals surface area contributed by atoms with Crippen LogP contribution in [0.5, 0.6) is 5.88 Å². The molecule has 1 N–H and O–H groups in total. The zero-order chi connectivity index (χ0) is 19.3. The number of thiazole rings is 1. The molecule has 2 aliphatic heterocycles. The van der Waals surface area contributed by atoms with Crippen LogP contribution in [0.2, 0.25) is 5.02 Å². The standard InChI is InChI=1S/C19H21ClN4O3S/c1-12-21-18-24(22-12)17(25)16(28-18)15(13-4-2-3-5-14(13)20)23-8-6-19(7-9-23)26-10-11-27-19/h2-5,15,25H,6-11H2,1H3/t15-/m0/s1. The Balaban J connectivity index is 1.55. The van der Waals surface area contributed by atoms with Crippen molar-refractivity contribution < 1.29 is 14.6 Å². The number of aromatic nitrogens is 3. The molecule has 0 amide bonds. The van der Waals surface area contributed by atoms with Crippen molar-refractivity contribution in [2.45, 2.75) is 31.6 Å². The molecule has 28 heavy (non-hydrogen) atoms. The molecule has 2 saturated heterocycles. The Hall–Kier alpha value is -1.71. The summed E-state index contributed by atoms with van der Waals surface area (Å²) in [5.41, 5.74) is 0.963. The summed E-state index contributed by atoms with van der Waals surface area (Å²) < 4.78 is 13.3. The third kappa shape index (κ3) is 3.00. The number of fused-ring (bicyclic) bond motifs is 1. The Labute approximate surface area is 171 Å². The summed E-state index contributed by atoms with van der Waals surface area (Å²) in [6, 6.07) is 7.61. The van der Waals surface area contributed by atoms with Crippen LogP contribution >= 0.6 is 22.9 Å². The van der Waals surface area contributed by atoms with Gasteiger partial charge in [0.1, 0.15) is 5.82 Å².